The van der Waals surface area contributed by atoms with Gasteiger partial charge in [-0.25, -0.2) is 0 Å². The Bertz CT molecular complexity index is 549. The monoisotopic (exact) mass is 257 g/mol. The summed E-state index contributed by atoms with van der Waals surface area (Å²) in [5.74, 6) is 0. The van der Waals surface area contributed by atoms with Gasteiger partial charge in [0.25, 0.3) is 0 Å². The Balaban J connectivity index is 2.44. The van der Waals surface area contributed by atoms with Crippen molar-refractivity contribution in [2.45, 2.75) is 24.8 Å². The van der Waals surface area contributed by atoms with Crippen LogP contribution < -0.4 is 5.73 Å². The van der Waals surface area contributed by atoms with E-state index in [2.05, 4.69) is 62.6 Å². The number of hydrogen-bond acceptors (Lipinski definition) is 2. The molecule has 1 unspecified atom stereocenters. The minimum absolute atomic E-state index is 0.0470. The second-order valence-corrected chi connectivity index (χ2v) is 5.43. The van der Waals surface area contributed by atoms with Crippen LogP contribution >= 0.6 is 11.8 Å². The number of hydrogen-bond donors (Lipinski definition) is 1. The maximum atomic E-state index is 6.43. The first-order valence-corrected chi connectivity index (χ1v) is 7.31. The SMILES string of the molecule is CSc1ccccc1C(N)c1ccc(C)cc1C. The first kappa shape index (κ1) is 13.2. The zero-order valence-corrected chi connectivity index (χ0v) is 11.9. The summed E-state index contributed by atoms with van der Waals surface area (Å²) in [5.41, 5.74) is 11.4. The third-order valence-electron chi connectivity index (χ3n) is 3.23. The van der Waals surface area contributed by atoms with Crippen LogP contribution in [0.3, 0.4) is 0 Å². The van der Waals surface area contributed by atoms with Gasteiger partial charge in [0.2, 0.25) is 0 Å². The second-order valence-electron chi connectivity index (χ2n) is 4.58. The van der Waals surface area contributed by atoms with Crippen LogP contribution in [0.2, 0.25) is 0 Å². The molecule has 0 aromatic heterocycles. The van der Waals surface area contributed by atoms with Crippen molar-refractivity contribution in [3.05, 3.63) is 64.7 Å². The quantitative estimate of drug-likeness (QED) is 0.839. The van der Waals surface area contributed by atoms with Crippen LogP contribution in [-0.2, 0) is 0 Å². The van der Waals surface area contributed by atoms with E-state index in [4.69, 9.17) is 5.73 Å². The van der Waals surface area contributed by atoms with E-state index in [0.717, 1.165) is 0 Å². The molecule has 0 saturated carbocycles. The highest BCUT2D eigenvalue weighted by atomic mass is 32.2. The molecule has 0 heterocycles. The lowest BCUT2D eigenvalue weighted by Gasteiger charge is -2.18. The van der Waals surface area contributed by atoms with Crippen LogP contribution in [0.25, 0.3) is 0 Å². The Morgan fingerprint density at radius 2 is 1.72 bits per heavy atom. The molecule has 2 N–H and O–H groups in total. The van der Waals surface area contributed by atoms with Crippen LogP contribution in [-0.4, -0.2) is 6.26 Å². The summed E-state index contributed by atoms with van der Waals surface area (Å²) in [6, 6.07) is 14.8. The number of nitrogens with two attached hydrogens (primary N) is 1. The van der Waals surface area contributed by atoms with Crippen molar-refractivity contribution in [3.63, 3.8) is 0 Å². The van der Waals surface area contributed by atoms with Crippen LogP contribution in [0.4, 0.5) is 0 Å². The highest BCUT2D eigenvalue weighted by molar-refractivity contribution is 7.98. The molecule has 0 aliphatic carbocycles. The zero-order valence-electron chi connectivity index (χ0n) is 11.1. The summed E-state index contributed by atoms with van der Waals surface area (Å²) in [4.78, 5) is 1.25. The predicted octanol–water partition coefficient (Wildman–Crippen LogP) is 4.07. The van der Waals surface area contributed by atoms with Crippen LogP contribution in [0.1, 0.15) is 28.3 Å². The normalized spacial score (nSPS) is 12.4. The largest absolute Gasteiger partial charge is 0.320 e. The summed E-state index contributed by atoms with van der Waals surface area (Å²) in [7, 11) is 0. The van der Waals surface area contributed by atoms with Crippen molar-refractivity contribution >= 4 is 11.8 Å². The van der Waals surface area contributed by atoms with E-state index in [1.807, 2.05) is 0 Å². The first-order chi connectivity index (χ1) is 8.63. The number of thioether (sulfide) groups is 1. The van der Waals surface area contributed by atoms with Gasteiger partial charge in [-0.3, -0.25) is 0 Å². The fourth-order valence-corrected chi connectivity index (χ4v) is 2.91. The smallest absolute Gasteiger partial charge is 0.0565 e. The summed E-state index contributed by atoms with van der Waals surface area (Å²) >= 11 is 1.75. The minimum Gasteiger partial charge on any atom is -0.320 e. The third kappa shape index (κ3) is 2.60. The van der Waals surface area contributed by atoms with Crippen molar-refractivity contribution in [3.8, 4) is 0 Å². The topological polar surface area (TPSA) is 26.0 Å². The van der Waals surface area contributed by atoms with Gasteiger partial charge in [-0.1, -0.05) is 42.0 Å². The van der Waals surface area contributed by atoms with E-state index in [1.54, 1.807) is 11.8 Å². The maximum absolute atomic E-state index is 6.43. The molecule has 0 saturated heterocycles. The van der Waals surface area contributed by atoms with Crippen molar-refractivity contribution < 1.29 is 0 Å². The highest BCUT2D eigenvalue weighted by Crippen LogP contribution is 2.30. The zero-order chi connectivity index (χ0) is 13.1. The molecule has 0 amide bonds. The third-order valence-corrected chi connectivity index (χ3v) is 4.05. The van der Waals surface area contributed by atoms with Crippen molar-refractivity contribution in [2.75, 3.05) is 6.26 Å². The molecule has 1 atom stereocenters. The molecule has 0 aliphatic heterocycles. The second kappa shape index (κ2) is 5.59. The molecule has 2 heteroatoms. The van der Waals surface area contributed by atoms with Gasteiger partial charge in [-0.15, -0.1) is 11.8 Å². The minimum atomic E-state index is -0.0470. The maximum Gasteiger partial charge on any atom is 0.0565 e. The van der Waals surface area contributed by atoms with Crippen molar-refractivity contribution in [2.24, 2.45) is 5.73 Å². The average molecular weight is 257 g/mol. The molecule has 94 valence electrons. The van der Waals surface area contributed by atoms with Crippen LogP contribution in [0.15, 0.2) is 47.4 Å². The van der Waals surface area contributed by atoms with Gasteiger partial charge in [0.05, 0.1) is 6.04 Å². The molecule has 0 bridgehead atoms. The van der Waals surface area contributed by atoms with Gasteiger partial charge in [0.1, 0.15) is 0 Å². The van der Waals surface area contributed by atoms with Gasteiger partial charge < -0.3 is 5.73 Å². The average Bonchev–Trinajstić information content (AvgIpc) is 2.38. The summed E-state index contributed by atoms with van der Waals surface area (Å²) < 4.78 is 0. The first-order valence-electron chi connectivity index (χ1n) is 6.09. The highest BCUT2D eigenvalue weighted by Gasteiger charge is 2.14. The van der Waals surface area contributed by atoms with E-state index < -0.39 is 0 Å². The van der Waals surface area contributed by atoms with Crippen LogP contribution in [0, 0.1) is 13.8 Å². The van der Waals surface area contributed by atoms with Crippen molar-refractivity contribution in [1.29, 1.82) is 0 Å². The fourth-order valence-electron chi connectivity index (χ4n) is 2.27. The molecule has 0 spiro atoms. The Labute approximate surface area is 113 Å². The van der Waals surface area contributed by atoms with Crippen molar-refractivity contribution in [1.82, 2.24) is 0 Å². The van der Waals surface area contributed by atoms with E-state index in [0.29, 0.717) is 0 Å². The molecule has 18 heavy (non-hydrogen) atoms. The van der Waals surface area contributed by atoms with E-state index in [1.165, 1.54) is 27.1 Å². The molecule has 0 radical (unpaired) electrons. The lowest BCUT2D eigenvalue weighted by Crippen LogP contribution is -2.14. The molecule has 2 aromatic carbocycles. The molecule has 2 rings (SSSR count). The molecule has 0 aliphatic rings. The van der Waals surface area contributed by atoms with Gasteiger partial charge in [-0.2, -0.15) is 0 Å². The van der Waals surface area contributed by atoms with E-state index >= 15 is 0 Å². The van der Waals surface area contributed by atoms with E-state index in [-0.39, 0.29) is 6.04 Å². The van der Waals surface area contributed by atoms with Gasteiger partial charge >= 0.3 is 0 Å². The Morgan fingerprint density at radius 1 is 1.00 bits per heavy atom. The number of rotatable bonds is 3. The summed E-state index contributed by atoms with van der Waals surface area (Å²) in [6.07, 6.45) is 2.09. The lowest BCUT2D eigenvalue weighted by molar-refractivity contribution is 0.839. The Morgan fingerprint density at radius 3 is 2.39 bits per heavy atom. The predicted molar refractivity (Wildman–Crippen MR) is 80.2 cm³/mol. The van der Waals surface area contributed by atoms with Gasteiger partial charge in [0, 0.05) is 4.90 Å². The molecular weight excluding hydrogens is 238 g/mol. The summed E-state index contributed by atoms with van der Waals surface area (Å²) in [6.45, 7) is 4.24. The number of aryl methyl sites for hydroxylation is 2. The van der Waals surface area contributed by atoms with E-state index in [9.17, 15) is 0 Å². The fraction of sp³-hybridized carbons (Fsp3) is 0.250. The number of benzene rings is 2. The molecular formula is C16H19NS. The summed E-state index contributed by atoms with van der Waals surface area (Å²) in [5, 5.41) is 0. The molecule has 1 nitrogen and oxygen atoms in total. The van der Waals surface area contributed by atoms with Gasteiger partial charge in [-0.05, 0) is 42.9 Å². The molecule has 2 aromatic rings. The van der Waals surface area contributed by atoms with Gasteiger partial charge in [0.15, 0.2) is 0 Å². The van der Waals surface area contributed by atoms with Crippen LogP contribution in [0.5, 0.6) is 0 Å². The molecule has 0 fully saturated rings. The Hall–Kier alpha value is -1.25. The standard InChI is InChI=1S/C16H19NS/c1-11-8-9-13(12(2)10-11)16(17)14-6-4-5-7-15(14)18-3/h4-10,16H,17H2,1-3H3. The lowest BCUT2D eigenvalue weighted by atomic mass is 9.94. The Kier molecular flexibility index (Phi) is 4.10.